The first-order chi connectivity index (χ1) is 8.77. The Morgan fingerprint density at radius 3 is 2.47 bits per heavy atom. The van der Waals surface area contributed by atoms with E-state index in [4.69, 9.17) is 4.74 Å². The lowest BCUT2D eigenvalue weighted by atomic mass is 10.2. The van der Waals surface area contributed by atoms with Gasteiger partial charge < -0.3 is 4.74 Å². The van der Waals surface area contributed by atoms with Gasteiger partial charge in [-0.25, -0.2) is 8.42 Å². The number of sulfonamides is 1. The molecule has 0 radical (unpaired) electrons. The third-order valence-electron chi connectivity index (χ3n) is 2.27. The summed E-state index contributed by atoms with van der Waals surface area (Å²) >= 11 is 3.20. The van der Waals surface area contributed by atoms with Gasteiger partial charge in [-0.1, -0.05) is 13.8 Å². The van der Waals surface area contributed by atoms with Crippen LogP contribution in [0.2, 0.25) is 0 Å². The fourth-order valence-electron chi connectivity index (χ4n) is 1.14. The molecule has 0 unspecified atom stereocenters. The van der Waals surface area contributed by atoms with Crippen molar-refractivity contribution in [1.82, 2.24) is 10.3 Å². The van der Waals surface area contributed by atoms with Crippen molar-refractivity contribution in [3.05, 3.63) is 22.7 Å². The quantitative estimate of drug-likeness (QED) is 0.786. The van der Waals surface area contributed by atoms with Crippen LogP contribution in [0, 0.1) is 5.92 Å². The van der Waals surface area contributed by atoms with E-state index in [1.807, 2.05) is 4.83 Å². The van der Waals surface area contributed by atoms with Gasteiger partial charge in [0.1, 0.15) is 5.75 Å². The van der Waals surface area contributed by atoms with Crippen molar-refractivity contribution < 1.29 is 17.9 Å². The highest BCUT2D eigenvalue weighted by Gasteiger charge is 2.17. The summed E-state index contributed by atoms with van der Waals surface area (Å²) in [6.45, 7) is 3.32. The number of amides is 1. The zero-order valence-corrected chi connectivity index (χ0v) is 13.1. The van der Waals surface area contributed by atoms with Gasteiger partial charge >= 0.3 is 0 Å². The lowest BCUT2D eigenvalue weighted by Gasteiger charge is -2.11. The van der Waals surface area contributed by atoms with E-state index in [1.54, 1.807) is 13.8 Å². The Morgan fingerprint density at radius 1 is 1.37 bits per heavy atom. The van der Waals surface area contributed by atoms with Crippen molar-refractivity contribution in [3.8, 4) is 5.75 Å². The van der Waals surface area contributed by atoms with E-state index >= 15 is 0 Å². The van der Waals surface area contributed by atoms with Crippen LogP contribution in [-0.4, -0.2) is 21.4 Å². The molecule has 1 aromatic rings. The molecule has 0 saturated heterocycles. The predicted molar refractivity (Wildman–Crippen MR) is 74.0 cm³/mol. The van der Waals surface area contributed by atoms with Crippen molar-refractivity contribution in [2.45, 2.75) is 18.7 Å². The Balaban J connectivity index is 2.89. The van der Waals surface area contributed by atoms with Gasteiger partial charge in [0.25, 0.3) is 10.0 Å². The third kappa shape index (κ3) is 4.19. The number of nitrogens with one attached hydrogen (secondary N) is 2. The molecule has 19 heavy (non-hydrogen) atoms. The van der Waals surface area contributed by atoms with Crippen LogP contribution >= 0.6 is 15.9 Å². The van der Waals surface area contributed by atoms with Gasteiger partial charge in [0.15, 0.2) is 0 Å². The topological polar surface area (TPSA) is 84.5 Å². The highest BCUT2D eigenvalue weighted by atomic mass is 79.9. The molecule has 0 aliphatic carbocycles. The molecule has 0 atom stereocenters. The van der Waals surface area contributed by atoms with Crippen LogP contribution in [0.15, 0.2) is 27.6 Å². The van der Waals surface area contributed by atoms with Crippen molar-refractivity contribution in [2.24, 2.45) is 5.92 Å². The van der Waals surface area contributed by atoms with Gasteiger partial charge in [0.05, 0.1) is 16.5 Å². The molecule has 106 valence electrons. The summed E-state index contributed by atoms with van der Waals surface area (Å²) in [6.07, 6.45) is 0. The summed E-state index contributed by atoms with van der Waals surface area (Å²) < 4.78 is 29.4. The van der Waals surface area contributed by atoms with Crippen LogP contribution in [0.3, 0.4) is 0 Å². The van der Waals surface area contributed by atoms with Gasteiger partial charge in [-0.3, -0.25) is 10.2 Å². The van der Waals surface area contributed by atoms with Crippen LogP contribution in [0.1, 0.15) is 13.8 Å². The molecule has 0 bridgehead atoms. The Morgan fingerprint density at radius 2 is 2.00 bits per heavy atom. The van der Waals surface area contributed by atoms with Crippen LogP contribution in [0.5, 0.6) is 5.75 Å². The average Bonchev–Trinajstić information content (AvgIpc) is 2.35. The van der Waals surface area contributed by atoms with E-state index in [-0.39, 0.29) is 10.8 Å². The van der Waals surface area contributed by atoms with Gasteiger partial charge in [-0.05, 0) is 34.1 Å². The molecule has 0 fully saturated rings. The average molecular weight is 351 g/mol. The lowest BCUT2D eigenvalue weighted by molar-refractivity contribution is -0.124. The molecular formula is C11H15BrN2O4S. The number of ether oxygens (including phenoxy) is 1. The smallest absolute Gasteiger partial charge is 0.257 e. The van der Waals surface area contributed by atoms with E-state index in [1.165, 1.54) is 25.3 Å². The van der Waals surface area contributed by atoms with Crippen LogP contribution in [0.4, 0.5) is 0 Å². The van der Waals surface area contributed by atoms with Crippen molar-refractivity contribution in [3.63, 3.8) is 0 Å². The number of carbonyl (C=O) groups excluding carboxylic acids is 1. The lowest BCUT2D eigenvalue weighted by Crippen LogP contribution is -2.43. The minimum absolute atomic E-state index is 0.0178. The summed E-state index contributed by atoms with van der Waals surface area (Å²) in [5.41, 5.74) is 2.15. The molecule has 0 aliphatic rings. The van der Waals surface area contributed by atoms with Crippen molar-refractivity contribution in [2.75, 3.05) is 7.11 Å². The summed E-state index contributed by atoms with van der Waals surface area (Å²) in [6, 6.07) is 4.29. The number of hydrogen-bond donors (Lipinski definition) is 2. The second-order valence-corrected chi connectivity index (χ2v) is 6.58. The minimum atomic E-state index is -3.80. The predicted octanol–water partition coefficient (Wildman–Crippen LogP) is 1.42. The fraction of sp³-hybridized carbons (Fsp3) is 0.364. The standard InChI is InChI=1S/C11H15BrN2O4S/c1-7(2)11(15)13-14-19(16,17)8-4-5-10(18-3)9(12)6-8/h4-7,14H,1-3H3,(H,13,15). The molecule has 6 nitrogen and oxygen atoms in total. The van der Waals surface area contributed by atoms with E-state index in [9.17, 15) is 13.2 Å². The number of rotatable bonds is 5. The molecule has 1 amide bonds. The Hall–Kier alpha value is -1.12. The van der Waals surface area contributed by atoms with Gasteiger partial charge in [-0.2, -0.15) is 0 Å². The second kappa shape index (κ2) is 6.36. The molecule has 2 N–H and O–H groups in total. The summed E-state index contributed by atoms with van der Waals surface area (Å²) in [5.74, 6) is -0.202. The SMILES string of the molecule is COc1ccc(S(=O)(=O)NNC(=O)C(C)C)cc1Br. The largest absolute Gasteiger partial charge is 0.496 e. The van der Waals surface area contributed by atoms with Gasteiger partial charge in [0, 0.05) is 5.92 Å². The first-order valence-corrected chi connectivity index (χ1v) is 7.70. The second-order valence-electron chi connectivity index (χ2n) is 4.05. The zero-order valence-electron chi connectivity index (χ0n) is 10.7. The first kappa shape index (κ1) is 15.9. The highest BCUT2D eigenvalue weighted by molar-refractivity contribution is 9.10. The Bertz CT molecular complexity index is 572. The number of halogens is 1. The number of carbonyl (C=O) groups is 1. The van der Waals surface area contributed by atoms with Gasteiger partial charge in [0.2, 0.25) is 5.91 Å². The molecular weight excluding hydrogens is 336 g/mol. The first-order valence-electron chi connectivity index (χ1n) is 5.43. The number of methoxy groups -OCH3 is 1. The monoisotopic (exact) mass is 350 g/mol. The van der Waals surface area contributed by atoms with E-state index < -0.39 is 15.9 Å². The highest BCUT2D eigenvalue weighted by Crippen LogP contribution is 2.27. The van der Waals surface area contributed by atoms with E-state index in [0.29, 0.717) is 10.2 Å². The number of benzene rings is 1. The van der Waals surface area contributed by atoms with Crippen molar-refractivity contribution >= 4 is 31.9 Å². The Labute approximate surface area is 120 Å². The Kier molecular flexibility index (Phi) is 5.33. The maximum atomic E-state index is 11.9. The fourth-order valence-corrected chi connectivity index (χ4v) is 2.70. The van der Waals surface area contributed by atoms with E-state index in [0.717, 1.165) is 0 Å². The molecule has 0 saturated carbocycles. The molecule has 1 aromatic carbocycles. The van der Waals surface area contributed by atoms with Crippen LogP contribution < -0.4 is 15.0 Å². The van der Waals surface area contributed by atoms with Crippen molar-refractivity contribution in [1.29, 1.82) is 0 Å². The molecule has 0 spiro atoms. The molecule has 8 heteroatoms. The maximum Gasteiger partial charge on any atom is 0.257 e. The van der Waals surface area contributed by atoms with Gasteiger partial charge in [-0.15, -0.1) is 4.83 Å². The van der Waals surface area contributed by atoms with Crippen LogP contribution in [0.25, 0.3) is 0 Å². The maximum absolute atomic E-state index is 11.9. The molecule has 0 heterocycles. The molecule has 0 aliphatic heterocycles. The van der Waals surface area contributed by atoms with E-state index in [2.05, 4.69) is 21.4 Å². The van der Waals surface area contributed by atoms with Crippen LogP contribution in [-0.2, 0) is 14.8 Å². The third-order valence-corrected chi connectivity index (χ3v) is 4.13. The number of hydrogen-bond acceptors (Lipinski definition) is 4. The summed E-state index contributed by atoms with van der Waals surface area (Å²) in [4.78, 5) is 13.4. The molecule has 0 aromatic heterocycles. The summed E-state index contributed by atoms with van der Waals surface area (Å²) in [7, 11) is -2.32. The summed E-state index contributed by atoms with van der Waals surface area (Å²) in [5, 5.41) is 0. The number of hydrazine groups is 1. The zero-order chi connectivity index (χ0) is 14.6. The minimum Gasteiger partial charge on any atom is -0.496 e. The molecule has 1 rings (SSSR count). The normalized spacial score (nSPS) is 11.4.